The van der Waals surface area contributed by atoms with Crippen molar-refractivity contribution in [3.05, 3.63) is 35.4 Å². The average molecular weight is 308 g/mol. The molecule has 1 N–H and O–H groups in total. The Morgan fingerprint density at radius 2 is 1.95 bits per heavy atom. The van der Waals surface area contributed by atoms with Crippen LogP contribution in [0.4, 0.5) is 8.78 Å². The van der Waals surface area contributed by atoms with E-state index in [0.29, 0.717) is 6.07 Å². The molecule has 116 valence electrons. The average Bonchev–Trinajstić information content (AvgIpc) is 3.28. The van der Waals surface area contributed by atoms with Gasteiger partial charge in [-0.1, -0.05) is 0 Å². The van der Waals surface area contributed by atoms with Gasteiger partial charge in [-0.25, -0.2) is 13.6 Å². The molecule has 1 saturated carbocycles. The third kappa shape index (κ3) is 3.79. The van der Waals surface area contributed by atoms with E-state index in [0.717, 1.165) is 25.0 Å². The lowest BCUT2D eigenvalue weighted by atomic mass is 9.98. The lowest BCUT2D eigenvalue weighted by Gasteiger charge is -2.22. The van der Waals surface area contributed by atoms with Crippen LogP contribution in [-0.4, -0.2) is 24.0 Å². The number of nitrogens with one attached hydrogen (secondary N) is 1. The van der Waals surface area contributed by atoms with Crippen LogP contribution in [0, 0.1) is 28.9 Å². The van der Waals surface area contributed by atoms with Crippen LogP contribution in [0.3, 0.4) is 0 Å². The maximum Gasteiger partial charge on any atom is 0.338 e. The highest BCUT2D eigenvalue weighted by atomic mass is 19.1. The molecule has 0 heterocycles. The minimum Gasteiger partial charge on any atom is -0.452 e. The van der Waals surface area contributed by atoms with E-state index in [4.69, 9.17) is 10.00 Å². The Morgan fingerprint density at radius 3 is 2.45 bits per heavy atom. The fourth-order valence-corrected chi connectivity index (χ4v) is 2.09. The molecule has 1 aliphatic rings. The van der Waals surface area contributed by atoms with Gasteiger partial charge in [-0.05, 0) is 37.8 Å². The second-order valence-electron chi connectivity index (χ2n) is 5.37. The van der Waals surface area contributed by atoms with Gasteiger partial charge >= 0.3 is 5.97 Å². The zero-order valence-electron chi connectivity index (χ0n) is 11.9. The number of carbonyl (C=O) groups is 2. The summed E-state index contributed by atoms with van der Waals surface area (Å²) in [5.41, 5.74) is -1.32. The van der Waals surface area contributed by atoms with Gasteiger partial charge in [0.25, 0.3) is 5.91 Å². The van der Waals surface area contributed by atoms with Crippen LogP contribution >= 0.6 is 0 Å². The number of carbonyl (C=O) groups excluding carboxylic acids is 2. The Labute approximate surface area is 125 Å². The summed E-state index contributed by atoms with van der Waals surface area (Å²) in [6, 6.07) is 4.28. The zero-order chi connectivity index (χ0) is 16.3. The SMILES string of the molecule is C[C@@](C#N)(NC(=O)COC(=O)c1cc(F)cc(F)c1)C1CC1. The number of nitriles is 1. The lowest BCUT2D eigenvalue weighted by molar-refractivity contribution is -0.125. The fourth-order valence-electron chi connectivity index (χ4n) is 2.09. The normalized spacial score (nSPS) is 16.3. The summed E-state index contributed by atoms with van der Waals surface area (Å²) in [7, 11) is 0. The van der Waals surface area contributed by atoms with Crippen LogP contribution < -0.4 is 5.32 Å². The first kappa shape index (κ1) is 15.9. The monoisotopic (exact) mass is 308 g/mol. The molecule has 5 nitrogen and oxygen atoms in total. The van der Waals surface area contributed by atoms with E-state index in [1.807, 2.05) is 6.07 Å². The molecule has 0 bridgehead atoms. The van der Waals surface area contributed by atoms with Gasteiger partial charge in [0.2, 0.25) is 0 Å². The molecule has 1 aliphatic carbocycles. The quantitative estimate of drug-likeness (QED) is 0.843. The summed E-state index contributed by atoms with van der Waals surface area (Å²) in [6.07, 6.45) is 1.71. The van der Waals surface area contributed by atoms with Gasteiger partial charge in [-0.15, -0.1) is 0 Å². The standard InChI is InChI=1S/C15H14F2N2O3/c1-15(8-18,10-2-3-10)19-13(20)7-22-14(21)9-4-11(16)6-12(17)5-9/h4-6,10H,2-3,7H2,1H3,(H,19,20)/t15-/m0/s1. The van der Waals surface area contributed by atoms with Gasteiger partial charge in [0.15, 0.2) is 6.61 Å². The third-order valence-corrected chi connectivity index (χ3v) is 3.46. The molecular weight excluding hydrogens is 294 g/mol. The van der Waals surface area contributed by atoms with Gasteiger partial charge in [0.05, 0.1) is 11.6 Å². The zero-order valence-corrected chi connectivity index (χ0v) is 11.9. The number of benzene rings is 1. The molecule has 1 amide bonds. The molecular formula is C15H14F2N2O3. The largest absolute Gasteiger partial charge is 0.452 e. The molecule has 0 radical (unpaired) electrons. The number of halogens is 2. The predicted molar refractivity (Wildman–Crippen MR) is 71.5 cm³/mol. The minimum atomic E-state index is -1.02. The van der Waals surface area contributed by atoms with E-state index < -0.39 is 35.7 Å². The van der Waals surface area contributed by atoms with E-state index in [9.17, 15) is 18.4 Å². The topological polar surface area (TPSA) is 79.2 Å². The highest BCUT2D eigenvalue weighted by molar-refractivity contribution is 5.91. The maximum absolute atomic E-state index is 13.0. The van der Waals surface area contributed by atoms with Crippen molar-refractivity contribution in [3.8, 4) is 6.07 Å². The van der Waals surface area contributed by atoms with E-state index in [1.165, 1.54) is 0 Å². The summed E-state index contributed by atoms with van der Waals surface area (Å²) in [4.78, 5) is 23.4. The van der Waals surface area contributed by atoms with Crippen molar-refractivity contribution in [2.24, 2.45) is 5.92 Å². The Bertz CT molecular complexity index is 632. The van der Waals surface area contributed by atoms with Crippen molar-refractivity contribution < 1.29 is 23.1 Å². The van der Waals surface area contributed by atoms with Crippen LogP contribution in [0.1, 0.15) is 30.1 Å². The number of hydrogen-bond acceptors (Lipinski definition) is 4. The van der Waals surface area contributed by atoms with Gasteiger partial charge < -0.3 is 10.1 Å². The van der Waals surface area contributed by atoms with Crippen molar-refractivity contribution >= 4 is 11.9 Å². The molecule has 2 rings (SSSR count). The molecule has 0 aliphatic heterocycles. The molecule has 1 atom stereocenters. The number of amides is 1. The van der Waals surface area contributed by atoms with E-state index in [2.05, 4.69) is 5.32 Å². The molecule has 22 heavy (non-hydrogen) atoms. The first-order valence-corrected chi connectivity index (χ1v) is 6.69. The number of ether oxygens (including phenoxy) is 1. The van der Waals surface area contributed by atoms with Crippen molar-refractivity contribution in [3.63, 3.8) is 0 Å². The minimum absolute atomic E-state index is 0.0921. The first-order valence-electron chi connectivity index (χ1n) is 6.69. The Kier molecular flexibility index (Phi) is 4.40. The molecule has 1 aromatic carbocycles. The van der Waals surface area contributed by atoms with E-state index >= 15 is 0 Å². The second-order valence-corrected chi connectivity index (χ2v) is 5.37. The van der Waals surface area contributed by atoms with Gasteiger partial charge in [-0.3, -0.25) is 4.79 Å². The van der Waals surface area contributed by atoms with Gasteiger partial charge in [0, 0.05) is 6.07 Å². The molecule has 0 unspecified atom stereocenters. The number of nitrogens with zero attached hydrogens (tertiary/aromatic N) is 1. The summed E-state index contributed by atoms with van der Waals surface area (Å²) in [5, 5.41) is 11.6. The summed E-state index contributed by atoms with van der Waals surface area (Å²) in [5.74, 6) is -3.39. The van der Waals surface area contributed by atoms with Crippen LogP contribution in [0.15, 0.2) is 18.2 Å². The second kappa shape index (κ2) is 6.10. The van der Waals surface area contributed by atoms with E-state index in [1.54, 1.807) is 6.92 Å². The number of rotatable bonds is 5. The van der Waals surface area contributed by atoms with Crippen molar-refractivity contribution in [1.82, 2.24) is 5.32 Å². The van der Waals surface area contributed by atoms with Crippen LogP contribution in [0.25, 0.3) is 0 Å². The Balaban J connectivity index is 1.90. The molecule has 1 fully saturated rings. The van der Waals surface area contributed by atoms with Crippen molar-refractivity contribution in [2.75, 3.05) is 6.61 Å². The predicted octanol–water partition coefficient (Wildman–Crippen LogP) is 1.93. The lowest BCUT2D eigenvalue weighted by Crippen LogP contribution is -2.48. The fraction of sp³-hybridized carbons (Fsp3) is 0.400. The molecule has 0 saturated heterocycles. The third-order valence-electron chi connectivity index (χ3n) is 3.46. The smallest absolute Gasteiger partial charge is 0.338 e. The number of esters is 1. The number of hydrogen-bond donors (Lipinski definition) is 1. The summed E-state index contributed by atoms with van der Waals surface area (Å²) < 4.78 is 30.7. The van der Waals surface area contributed by atoms with Crippen molar-refractivity contribution in [2.45, 2.75) is 25.3 Å². The molecule has 0 spiro atoms. The maximum atomic E-state index is 13.0. The highest BCUT2D eigenvalue weighted by Crippen LogP contribution is 2.39. The van der Waals surface area contributed by atoms with E-state index in [-0.39, 0.29) is 11.5 Å². The van der Waals surface area contributed by atoms with Gasteiger partial charge in [0.1, 0.15) is 17.2 Å². The Hall–Kier alpha value is -2.49. The van der Waals surface area contributed by atoms with Crippen LogP contribution in [0.2, 0.25) is 0 Å². The molecule has 1 aromatic rings. The molecule has 0 aromatic heterocycles. The Morgan fingerprint density at radius 1 is 1.36 bits per heavy atom. The van der Waals surface area contributed by atoms with Crippen molar-refractivity contribution in [1.29, 1.82) is 5.26 Å². The summed E-state index contributed by atoms with van der Waals surface area (Å²) >= 11 is 0. The van der Waals surface area contributed by atoms with Crippen LogP contribution in [-0.2, 0) is 9.53 Å². The molecule has 7 heteroatoms. The highest BCUT2D eigenvalue weighted by Gasteiger charge is 2.43. The van der Waals surface area contributed by atoms with Crippen LogP contribution in [0.5, 0.6) is 0 Å². The first-order chi connectivity index (χ1) is 10.3. The van der Waals surface area contributed by atoms with Gasteiger partial charge in [-0.2, -0.15) is 5.26 Å². The summed E-state index contributed by atoms with van der Waals surface area (Å²) in [6.45, 7) is 0.979.